The first kappa shape index (κ1) is 18.2. The van der Waals surface area contributed by atoms with Gasteiger partial charge in [-0.05, 0) is 31.2 Å². The van der Waals surface area contributed by atoms with Crippen molar-refractivity contribution in [2.24, 2.45) is 5.73 Å². The third-order valence-electron chi connectivity index (χ3n) is 2.34. The van der Waals surface area contributed by atoms with Crippen molar-refractivity contribution in [3.05, 3.63) is 24.3 Å². The van der Waals surface area contributed by atoms with E-state index in [1.165, 1.54) is 7.11 Å². The number of amides is 1. The summed E-state index contributed by atoms with van der Waals surface area (Å²) in [6.45, 7) is 1.86. The summed E-state index contributed by atoms with van der Waals surface area (Å²) >= 11 is 0. The summed E-state index contributed by atoms with van der Waals surface area (Å²) in [5, 5.41) is 2.66. The summed E-state index contributed by atoms with van der Waals surface area (Å²) in [5.74, 6) is 0.0443. The van der Waals surface area contributed by atoms with Crippen LogP contribution in [0.3, 0.4) is 0 Å². The second-order valence-electron chi connectivity index (χ2n) is 3.98. The maximum absolute atomic E-state index is 11.4. The highest BCUT2D eigenvalue weighted by atomic mass is 35.5. The van der Waals surface area contributed by atoms with Crippen LogP contribution in [0.15, 0.2) is 24.3 Å². The number of benzene rings is 1. The van der Waals surface area contributed by atoms with Crippen molar-refractivity contribution in [1.29, 1.82) is 0 Å². The first-order valence-electron chi connectivity index (χ1n) is 5.89. The maximum Gasteiger partial charge on any atom is 0.308 e. The molecule has 0 aromatic heterocycles. The minimum absolute atomic E-state index is 0. The molecule has 0 bridgehead atoms. The van der Waals surface area contributed by atoms with Gasteiger partial charge in [0.25, 0.3) is 0 Å². The predicted molar refractivity (Wildman–Crippen MR) is 78.1 cm³/mol. The molecular weight excluding hydrogens is 284 g/mol. The molecule has 6 nitrogen and oxygen atoms in total. The molecule has 7 heteroatoms. The molecule has 0 saturated carbocycles. The van der Waals surface area contributed by atoms with E-state index in [2.05, 4.69) is 10.1 Å². The molecular formula is C13H19ClN2O4. The zero-order valence-electron chi connectivity index (χ0n) is 11.4. The number of hydrogen-bond acceptors (Lipinski definition) is 5. The Kier molecular flexibility index (Phi) is 8.35. The molecule has 0 aliphatic rings. The number of esters is 1. The van der Waals surface area contributed by atoms with Crippen LogP contribution in [0.1, 0.15) is 13.3 Å². The van der Waals surface area contributed by atoms with Crippen molar-refractivity contribution in [3.63, 3.8) is 0 Å². The highest BCUT2D eigenvalue weighted by molar-refractivity contribution is 5.94. The van der Waals surface area contributed by atoms with E-state index in [0.29, 0.717) is 11.4 Å². The van der Waals surface area contributed by atoms with Gasteiger partial charge in [-0.2, -0.15) is 0 Å². The largest absolute Gasteiger partial charge is 0.493 e. The summed E-state index contributed by atoms with van der Waals surface area (Å²) in [6, 6.07) is 6.25. The maximum atomic E-state index is 11.4. The number of nitrogens with one attached hydrogen (secondary N) is 1. The van der Waals surface area contributed by atoms with Crippen LogP contribution in [0.4, 0.5) is 5.69 Å². The molecule has 1 aromatic rings. The monoisotopic (exact) mass is 302 g/mol. The molecule has 0 heterocycles. The third kappa shape index (κ3) is 6.40. The summed E-state index contributed by atoms with van der Waals surface area (Å²) in [7, 11) is 1.33. The minimum Gasteiger partial charge on any atom is -0.493 e. The summed E-state index contributed by atoms with van der Waals surface area (Å²) in [4.78, 5) is 22.2. The van der Waals surface area contributed by atoms with Crippen molar-refractivity contribution in [1.82, 2.24) is 0 Å². The normalized spacial score (nSPS) is 10.9. The molecule has 0 fully saturated rings. The first-order chi connectivity index (χ1) is 9.02. The van der Waals surface area contributed by atoms with Crippen molar-refractivity contribution in [3.8, 4) is 5.75 Å². The molecule has 1 aromatic carbocycles. The van der Waals surface area contributed by atoms with E-state index in [0.717, 1.165) is 0 Å². The molecule has 0 spiro atoms. The van der Waals surface area contributed by atoms with Crippen molar-refractivity contribution >= 4 is 30.0 Å². The Morgan fingerprint density at radius 3 is 2.40 bits per heavy atom. The van der Waals surface area contributed by atoms with Gasteiger partial charge in [-0.25, -0.2) is 0 Å². The molecule has 0 saturated heterocycles. The Hall–Kier alpha value is -1.79. The van der Waals surface area contributed by atoms with Crippen molar-refractivity contribution in [2.45, 2.75) is 19.4 Å². The van der Waals surface area contributed by atoms with Gasteiger partial charge in [0.05, 0.1) is 26.2 Å². The molecule has 1 rings (SSSR count). The van der Waals surface area contributed by atoms with E-state index in [1.54, 1.807) is 31.2 Å². The van der Waals surface area contributed by atoms with Crippen LogP contribution in [0.2, 0.25) is 0 Å². The van der Waals surface area contributed by atoms with E-state index < -0.39 is 6.04 Å². The fraction of sp³-hybridized carbons (Fsp3) is 0.385. The lowest BCUT2D eigenvalue weighted by atomic mass is 10.2. The second kappa shape index (κ2) is 9.17. The Bertz CT molecular complexity index is 435. The van der Waals surface area contributed by atoms with Gasteiger partial charge >= 0.3 is 5.97 Å². The van der Waals surface area contributed by atoms with Crippen LogP contribution in [-0.4, -0.2) is 31.6 Å². The average molecular weight is 303 g/mol. The second-order valence-corrected chi connectivity index (χ2v) is 3.98. The summed E-state index contributed by atoms with van der Waals surface area (Å²) in [6.07, 6.45) is 0.194. The fourth-order valence-electron chi connectivity index (χ4n) is 1.24. The number of rotatable bonds is 6. The Labute approximate surface area is 124 Å². The number of hydrogen-bond donors (Lipinski definition) is 2. The number of methoxy groups -OCH3 is 1. The van der Waals surface area contributed by atoms with Crippen LogP contribution in [0, 0.1) is 0 Å². The van der Waals surface area contributed by atoms with Gasteiger partial charge in [-0.3, -0.25) is 9.59 Å². The quantitative estimate of drug-likeness (QED) is 0.774. The number of nitrogens with two attached hydrogens (primary N) is 1. The highest BCUT2D eigenvalue weighted by Gasteiger charge is 2.07. The third-order valence-corrected chi connectivity index (χ3v) is 2.34. The number of halogens is 1. The topological polar surface area (TPSA) is 90.6 Å². The van der Waals surface area contributed by atoms with E-state index in [9.17, 15) is 9.59 Å². The average Bonchev–Trinajstić information content (AvgIpc) is 2.40. The van der Waals surface area contributed by atoms with Crippen LogP contribution in [0.5, 0.6) is 5.75 Å². The standard InChI is InChI=1S/C13H18N2O4.ClH/c1-9(14)13(17)15-10-3-5-11(6-4-10)19-8-7-12(16)18-2;/h3-6,9H,7-8,14H2,1-2H3,(H,15,17);1H/t9-;/m0./s1. The molecule has 20 heavy (non-hydrogen) atoms. The van der Waals surface area contributed by atoms with Gasteiger partial charge in [0.15, 0.2) is 0 Å². The van der Waals surface area contributed by atoms with E-state index in [-0.39, 0.29) is 37.3 Å². The molecule has 0 radical (unpaired) electrons. The minimum atomic E-state index is -0.559. The molecule has 3 N–H and O–H groups in total. The number of ether oxygens (including phenoxy) is 2. The molecule has 1 atom stereocenters. The lowest BCUT2D eigenvalue weighted by molar-refractivity contribution is -0.141. The van der Waals surface area contributed by atoms with Gasteiger partial charge in [0, 0.05) is 5.69 Å². The fourth-order valence-corrected chi connectivity index (χ4v) is 1.24. The van der Waals surface area contributed by atoms with Crippen molar-refractivity contribution in [2.75, 3.05) is 19.0 Å². The van der Waals surface area contributed by atoms with Gasteiger partial charge in [0.2, 0.25) is 5.91 Å². The van der Waals surface area contributed by atoms with Gasteiger partial charge in [-0.1, -0.05) is 0 Å². The molecule has 112 valence electrons. The number of anilines is 1. The predicted octanol–water partition coefficient (Wildman–Crippen LogP) is 1.34. The Morgan fingerprint density at radius 2 is 1.90 bits per heavy atom. The zero-order valence-corrected chi connectivity index (χ0v) is 12.2. The van der Waals surface area contributed by atoms with E-state index in [1.807, 2.05) is 0 Å². The molecule has 0 unspecified atom stereocenters. The highest BCUT2D eigenvalue weighted by Crippen LogP contribution is 2.16. The number of carbonyl (C=O) groups is 2. The van der Waals surface area contributed by atoms with Gasteiger partial charge in [0.1, 0.15) is 5.75 Å². The SMILES string of the molecule is COC(=O)CCOc1ccc(NC(=O)[C@H](C)N)cc1.Cl. The van der Waals surface area contributed by atoms with E-state index in [4.69, 9.17) is 10.5 Å². The van der Waals surface area contributed by atoms with Crippen molar-refractivity contribution < 1.29 is 19.1 Å². The molecule has 1 amide bonds. The number of carbonyl (C=O) groups excluding carboxylic acids is 2. The lowest BCUT2D eigenvalue weighted by Crippen LogP contribution is -2.32. The van der Waals surface area contributed by atoms with E-state index >= 15 is 0 Å². The smallest absolute Gasteiger partial charge is 0.308 e. The lowest BCUT2D eigenvalue weighted by Gasteiger charge is -2.09. The summed E-state index contributed by atoms with van der Waals surface area (Å²) in [5.41, 5.74) is 6.08. The molecule has 0 aliphatic carbocycles. The first-order valence-corrected chi connectivity index (χ1v) is 5.89. The van der Waals surface area contributed by atoms with Crippen LogP contribution >= 0.6 is 12.4 Å². The molecule has 0 aliphatic heterocycles. The van der Waals surface area contributed by atoms with Crippen LogP contribution in [-0.2, 0) is 14.3 Å². The zero-order chi connectivity index (χ0) is 14.3. The Morgan fingerprint density at radius 1 is 1.30 bits per heavy atom. The van der Waals surface area contributed by atoms with Crippen LogP contribution in [0.25, 0.3) is 0 Å². The Balaban J connectivity index is 0.00000361. The summed E-state index contributed by atoms with van der Waals surface area (Å²) < 4.78 is 9.84. The van der Waals surface area contributed by atoms with Gasteiger partial charge < -0.3 is 20.5 Å². The van der Waals surface area contributed by atoms with Crippen LogP contribution < -0.4 is 15.8 Å². The van der Waals surface area contributed by atoms with Gasteiger partial charge in [-0.15, -0.1) is 12.4 Å².